The van der Waals surface area contributed by atoms with Crippen molar-refractivity contribution in [3.8, 4) is 5.75 Å². The van der Waals surface area contributed by atoms with Crippen molar-refractivity contribution in [2.24, 2.45) is 0 Å². The van der Waals surface area contributed by atoms with Crippen molar-refractivity contribution in [1.82, 2.24) is 5.32 Å². The molecule has 1 atom stereocenters. The number of carbonyl (C=O) groups is 1. The summed E-state index contributed by atoms with van der Waals surface area (Å²) in [5, 5.41) is 2.74. The molecule has 1 N–H and O–H groups in total. The van der Waals surface area contributed by atoms with Crippen LogP contribution in [0.3, 0.4) is 0 Å². The lowest BCUT2D eigenvalue weighted by atomic mass is 10.0. The van der Waals surface area contributed by atoms with E-state index in [9.17, 15) is 4.79 Å². The highest BCUT2D eigenvalue weighted by Gasteiger charge is 2.26. The third kappa shape index (κ3) is 3.63. The fourth-order valence-electron chi connectivity index (χ4n) is 1.23. The molecule has 0 aliphatic carbocycles. The monoisotopic (exact) mass is 255 g/mol. The van der Waals surface area contributed by atoms with Gasteiger partial charge < -0.3 is 10.1 Å². The van der Waals surface area contributed by atoms with Crippen LogP contribution in [0.15, 0.2) is 24.3 Å². The van der Waals surface area contributed by atoms with Gasteiger partial charge in [0.25, 0.3) is 5.91 Å². The van der Waals surface area contributed by atoms with E-state index in [1.807, 2.05) is 20.8 Å². The van der Waals surface area contributed by atoms with E-state index in [0.717, 1.165) is 0 Å². The van der Waals surface area contributed by atoms with E-state index in [1.165, 1.54) is 0 Å². The molecule has 4 heteroatoms. The standard InChI is InChI=1S/C13H18ClNO2/c1-9(14)13(2,3)15-12(16)10-6-5-7-11(8-10)17-4/h5-9H,1-4H3,(H,15,16). The number of hydrogen-bond acceptors (Lipinski definition) is 2. The van der Waals surface area contributed by atoms with Gasteiger partial charge in [0.2, 0.25) is 0 Å². The first kappa shape index (κ1) is 13.8. The smallest absolute Gasteiger partial charge is 0.251 e. The molecule has 1 amide bonds. The molecule has 0 radical (unpaired) electrons. The lowest BCUT2D eigenvalue weighted by Crippen LogP contribution is -2.49. The first-order valence-corrected chi connectivity index (χ1v) is 5.91. The Morgan fingerprint density at radius 3 is 2.65 bits per heavy atom. The van der Waals surface area contributed by atoms with E-state index in [1.54, 1.807) is 31.4 Å². The van der Waals surface area contributed by atoms with Gasteiger partial charge in [-0.15, -0.1) is 11.6 Å². The Kier molecular flexibility index (Phi) is 4.40. The van der Waals surface area contributed by atoms with Crippen LogP contribution in [0.1, 0.15) is 31.1 Å². The second-order valence-corrected chi connectivity index (χ2v) is 5.18. The zero-order chi connectivity index (χ0) is 13.1. The van der Waals surface area contributed by atoms with Gasteiger partial charge in [-0.3, -0.25) is 4.79 Å². The van der Waals surface area contributed by atoms with Crippen LogP contribution in [-0.2, 0) is 0 Å². The molecule has 3 nitrogen and oxygen atoms in total. The van der Waals surface area contributed by atoms with E-state index in [4.69, 9.17) is 16.3 Å². The first-order valence-electron chi connectivity index (χ1n) is 5.47. The molecule has 17 heavy (non-hydrogen) atoms. The third-order valence-electron chi connectivity index (χ3n) is 2.76. The van der Waals surface area contributed by atoms with Crippen molar-refractivity contribution < 1.29 is 9.53 Å². The van der Waals surface area contributed by atoms with Gasteiger partial charge in [0.1, 0.15) is 5.75 Å². The summed E-state index contributed by atoms with van der Waals surface area (Å²) in [6.07, 6.45) is 0. The highest BCUT2D eigenvalue weighted by molar-refractivity contribution is 6.21. The van der Waals surface area contributed by atoms with Gasteiger partial charge in [-0.1, -0.05) is 6.07 Å². The van der Waals surface area contributed by atoms with Crippen molar-refractivity contribution in [1.29, 1.82) is 0 Å². The Labute approximate surface area is 107 Å². The van der Waals surface area contributed by atoms with Gasteiger partial charge in [0.15, 0.2) is 0 Å². The molecule has 1 aromatic rings. The van der Waals surface area contributed by atoms with Crippen molar-refractivity contribution in [3.63, 3.8) is 0 Å². The number of rotatable bonds is 4. The van der Waals surface area contributed by atoms with Gasteiger partial charge >= 0.3 is 0 Å². The number of ether oxygens (including phenoxy) is 1. The van der Waals surface area contributed by atoms with Gasteiger partial charge in [-0.2, -0.15) is 0 Å². The zero-order valence-corrected chi connectivity index (χ0v) is 11.3. The number of amides is 1. The SMILES string of the molecule is COc1cccc(C(=O)NC(C)(C)C(C)Cl)c1. The number of benzene rings is 1. The van der Waals surface area contributed by atoms with Crippen LogP contribution in [0, 0.1) is 0 Å². The summed E-state index contributed by atoms with van der Waals surface area (Å²) < 4.78 is 5.08. The van der Waals surface area contributed by atoms with Gasteiger partial charge in [-0.25, -0.2) is 0 Å². The minimum atomic E-state index is -0.457. The van der Waals surface area contributed by atoms with Crippen LogP contribution >= 0.6 is 11.6 Å². The average molecular weight is 256 g/mol. The summed E-state index contributed by atoms with van der Waals surface area (Å²) >= 11 is 6.02. The fraction of sp³-hybridized carbons (Fsp3) is 0.462. The number of carbonyl (C=O) groups excluding carboxylic acids is 1. The number of methoxy groups -OCH3 is 1. The van der Waals surface area contributed by atoms with Crippen LogP contribution < -0.4 is 10.1 Å². The van der Waals surface area contributed by atoms with Crippen molar-refractivity contribution in [2.75, 3.05) is 7.11 Å². The summed E-state index contributed by atoms with van der Waals surface area (Å²) in [6.45, 7) is 5.64. The maximum Gasteiger partial charge on any atom is 0.251 e. The molecule has 0 aliphatic heterocycles. The second-order valence-electron chi connectivity index (χ2n) is 4.52. The molecule has 0 saturated carbocycles. The van der Waals surface area contributed by atoms with E-state index >= 15 is 0 Å². The Balaban J connectivity index is 2.83. The molecule has 94 valence electrons. The molecule has 0 bridgehead atoms. The molecule has 1 rings (SSSR count). The maximum atomic E-state index is 12.0. The molecule has 0 spiro atoms. The predicted molar refractivity (Wildman–Crippen MR) is 69.9 cm³/mol. The highest BCUT2D eigenvalue weighted by Crippen LogP contribution is 2.17. The van der Waals surface area contributed by atoms with Gasteiger partial charge in [0.05, 0.1) is 18.0 Å². The van der Waals surface area contributed by atoms with Crippen LogP contribution in [0.2, 0.25) is 0 Å². The number of alkyl halides is 1. The highest BCUT2D eigenvalue weighted by atomic mass is 35.5. The predicted octanol–water partition coefficient (Wildman–Crippen LogP) is 2.83. The third-order valence-corrected chi connectivity index (χ3v) is 3.31. The van der Waals surface area contributed by atoms with E-state index in [0.29, 0.717) is 11.3 Å². The molecule has 0 aliphatic rings. The van der Waals surface area contributed by atoms with Crippen molar-refractivity contribution >= 4 is 17.5 Å². The molecule has 1 unspecified atom stereocenters. The number of nitrogens with one attached hydrogen (secondary N) is 1. The second kappa shape index (κ2) is 5.41. The maximum absolute atomic E-state index is 12.0. The van der Waals surface area contributed by atoms with E-state index in [-0.39, 0.29) is 11.3 Å². The summed E-state index contributed by atoms with van der Waals surface area (Å²) in [5.41, 5.74) is 0.108. The zero-order valence-electron chi connectivity index (χ0n) is 10.6. The molecule has 0 aromatic heterocycles. The van der Waals surface area contributed by atoms with Crippen LogP contribution in [0.5, 0.6) is 5.75 Å². The Bertz CT molecular complexity index is 402. The summed E-state index contributed by atoms with van der Waals surface area (Å²) in [7, 11) is 1.57. The van der Waals surface area contributed by atoms with Crippen molar-refractivity contribution in [2.45, 2.75) is 31.7 Å². The first-order chi connectivity index (χ1) is 7.86. The lowest BCUT2D eigenvalue weighted by Gasteiger charge is -2.29. The summed E-state index contributed by atoms with van der Waals surface area (Å²) in [5.74, 6) is 0.510. The fourth-order valence-corrected chi connectivity index (χ4v) is 1.28. The van der Waals surface area contributed by atoms with Gasteiger partial charge in [-0.05, 0) is 39.0 Å². The summed E-state index contributed by atoms with van der Waals surface area (Å²) in [6, 6.07) is 7.02. The Morgan fingerprint density at radius 2 is 2.12 bits per heavy atom. The average Bonchev–Trinajstić information content (AvgIpc) is 2.28. The van der Waals surface area contributed by atoms with E-state index in [2.05, 4.69) is 5.32 Å². The molecule has 0 saturated heterocycles. The van der Waals surface area contributed by atoms with E-state index < -0.39 is 5.54 Å². The van der Waals surface area contributed by atoms with Crippen LogP contribution in [0.25, 0.3) is 0 Å². The minimum Gasteiger partial charge on any atom is -0.497 e. The molecule has 0 fully saturated rings. The molecule has 0 heterocycles. The summed E-state index contributed by atoms with van der Waals surface area (Å²) in [4.78, 5) is 12.0. The number of halogens is 1. The topological polar surface area (TPSA) is 38.3 Å². The normalized spacial score (nSPS) is 13.0. The molecular formula is C13H18ClNO2. The van der Waals surface area contributed by atoms with Gasteiger partial charge in [0, 0.05) is 5.56 Å². The van der Waals surface area contributed by atoms with Crippen LogP contribution in [-0.4, -0.2) is 23.9 Å². The molecular weight excluding hydrogens is 238 g/mol. The van der Waals surface area contributed by atoms with Crippen LogP contribution in [0.4, 0.5) is 0 Å². The number of hydrogen-bond donors (Lipinski definition) is 1. The Hall–Kier alpha value is -1.22. The lowest BCUT2D eigenvalue weighted by molar-refractivity contribution is 0.0912. The van der Waals surface area contributed by atoms with Crippen molar-refractivity contribution in [3.05, 3.63) is 29.8 Å². The quantitative estimate of drug-likeness (QED) is 0.841. The Morgan fingerprint density at radius 1 is 1.47 bits per heavy atom. The minimum absolute atomic E-state index is 0.151. The molecule has 1 aromatic carbocycles. The largest absolute Gasteiger partial charge is 0.497 e.